The van der Waals surface area contributed by atoms with Gasteiger partial charge in [-0.25, -0.2) is 14.4 Å². The third kappa shape index (κ3) is 4.77. The molecular formula is C27H26FN5O2. The van der Waals surface area contributed by atoms with Gasteiger partial charge in [0.25, 0.3) is 5.56 Å². The highest BCUT2D eigenvalue weighted by Crippen LogP contribution is 2.23. The van der Waals surface area contributed by atoms with Crippen molar-refractivity contribution in [2.24, 2.45) is 5.92 Å². The van der Waals surface area contributed by atoms with Gasteiger partial charge in [0.15, 0.2) is 11.5 Å². The number of nitrogens with one attached hydrogen (secondary N) is 1. The van der Waals surface area contributed by atoms with Gasteiger partial charge in [-0.2, -0.15) is 0 Å². The summed E-state index contributed by atoms with van der Waals surface area (Å²) in [6, 6.07) is 17.8. The molecular weight excluding hydrogens is 445 g/mol. The molecule has 3 heterocycles. The largest absolute Gasteiger partial charge is 0.351 e. The van der Waals surface area contributed by atoms with Crippen molar-refractivity contribution in [2.75, 3.05) is 23.3 Å². The summed E-state index contributed by atoms with van der Waals surface area (Å²) in [5, 5.41) is 2.69. The van der Waals surface area contributed by atoms with Gasteiger partial charge in [0.1, 0.15) is 11.3 Å². The number of anilines is 2. The Labute approximate surface area is 202 Å². The second-order valence-corrected chi connectivity index (χ2v) is 8.91. The third-order valence-electron chi connectivity index (χ3n) is 6.37. The lowest BCUT2D eigenvalue weighted by molar-refractivity contribution is -0.120. The number of aromatic nitrogens is 3. The summed E-state index contributed by atoms with van der Waals surface area (Å²) in [5.41, 5.74) is 3.19. The van der Waals surface area contributed by atoms with Gasteiger partial charge in [-0.1, -0.05) is 42.0 Å². The summed E-state index contributed by atoms with van der Waals surface area (Å²) >= 11 is 0. The van der Waals surface area contributed by atoms with Crippen LogP contribution in [0.2, 0.25) is 0 Å². The first-order valence-corrected chi connectivity index (χ1v) is 11.7. The molecule has 1 aliphatic rings. The van der Waals surface area contributed by atoms with Gasteiger partial charge in [0.2, 0.25) is 5.91 Å². The fraction of sp³-hybridized carbons (Fsp3) is 0.259. The molecule has 2 aromatic heterocycles. The molecule has 7 nitrogen and oxygen atoms in total. The number of para-hydroxylation sites is 1. The molecule has 0 saturated carbocycles. The van der Waals surface area contributed by atoms with Gasteiger partial charge < -0.3 is 10.2 Å². The van der Waals surface area contributed by atoms with Crippen LogP contribution in [-0.4, -0.2) is 33.5 Å². The molecule has 0 unspecified atom stereocenters. The molecule has 35 heavy (non-hydrogen) atoms. The first kappa shape index (κ1) is 22.7. The number of rotatable bonds is 5. The van der Waals surface area contributed by atoms with Gasteiger partial charge in [0, 0.05) is 19.3 Å². The van der Waals surface area contributed by atoms with Gasteiger partial charge in [-0.3, -0.25) is 14.2 Å². The van der Waals surface area contributed by atoms with Crippen molar-refractivity contribution >= 4 is 28.6 Å². The maximum Gasteiger partial charge on any atom is 0.295 e. The van der Waals surface area contributed by atoms with E-state index >= 15 is 0 Å². The van der Waals surface area contributed by atoms with Gasteiger partial charge in [0.05, 0.1) is 18.2 Å². The minimum Gasteiger partial charge on any atom is -0.351 e. The molecule has 0 aliphatic carbocycles. The highest BCUT2D eigenvalue weighted by molar-refractivity contribution is 5.93. The van der Waals surface area contributed by atoms with E-state index in [0.29, 0.717) is 43.0 Å². The average molecular weight is 472 g/mol. The molecule has 0 radical (unpaired) electrons. The number of benzene rings is 2. The summed E-state index contributed by atoms with van der Waals surface area (Å²) in [5.74, 6) is -0.820. The maximum absolute atomic E-state index is 14.0. The van der Waals surface area contributed by atoms with Gasteiger partial charge >= 0.3 is 0 Å². The van der Waals surface area contributed by atoms with Crippen LogP contribution in [0.25, 0.3) is 11.2 Å². The molecule has 1 amide bonds. The topological polar surface area (TPSA) is 80.1 Å². The molecule has 1 atom stereocenters. The Bertz CT molecular complexity index is 1430. The molecule has 0 bridgehead atoms. The number of hydrogen-bond acceptors (Lipinski definition) is 5. The number of fused-ring (bicyclic) bond motifs is 1. The zero-order chi connectivity index (χ0) is 24.4. The predicted molar refractivity (Wildman–Crippen MR) is 134 cm³/mol. The van der Waals surface area contributed by atoms with Gasteiger partial charge in [-0.15, -0.1) is 0 Å². The maximum atomic E-state index is 14.0. The Hall–Kier alpha value is -4.07. The van der Waals surface area contributed by atoms with Crippen molar-refractivity contribution in [3.8, 4) is 0 Å². The smallest absolute Gasteiger partial charge is 0.295 e. The molecule has 1 fully saturated rings. The SMILES string of the molecule is Cc1ccc(Cn2c(=O)c(N3CCC[C@@H](C(=O)Nc4ccccc4F)C3)nc3cccnc32)cc1. The molecule has 0 spiro atoms. The lowest BCUT2D eigenvalue weighted by atomic mass is 9.97. The van der Waals surface area contributed by atoms with E-state index in [9.17, 15) is 14.0 Å². The Morgan fingerprint density at radius 3 is 2.71 bits per heavy atom. The van der Waals surface area contributed by atoms with E-state index in [0.717, 1.165) is 17.5 Å². The van der Waals surface area contributed by atoms with Crippen molar-refractivity contribution in [3.63, 3.8) is 0 Å². The molecule has 8 heteroatoms. The predicted octanol–water partition coefficient (Wildman–Crippen LogP) is 4.14. The van der Waals surface area contributed by atoms with Gasteiger partial charge in [-0.05, 0) is 49.6 Å². The van der Waals surface area contributed by atoms with Crippen LogP contribution in [0.1, 0.15) is 24.0 Å². The van der Waals surface area contributed by atoms with E-state index in [1.165, 1.54) is 12.1 Å². The molecule has 178 valence electrons. The van der Waals surface area contributed by atoms with Crippen LogP contribution in [0.15, 0.2) is 71.7 Å². The fourth-order valence-electron chi connectivity index (χ4n) is 4.47. The highest BCUT2D eigenvalue weighted by Gasteiger charge is 2.29. The van der Waals surface area contributed by atoms with Crippen LogP contribution >= 0.6 is 0 Å². The monoisotopic (exact) mass is 471 g/mol. The van der Waals surface area contributed by atoms with Crippen molar-refractivity contribution in [2.45, 2.75) is 26.3 Å². The minimum atomic E-state index is -0.476. The van der Waals surface area contributed by atoms with Crippen LogP contribution in [-0.2, 0) is 11.3 Å². The molecule has 1 aliphatic heterocycles. The second kappa shape index (κ2) is 9.66. The minimum absolute atomic E-state index is 0.157. The molecule has 1 saturated heterocycles. The van der Waals surface area contributed by atoms with Crippen molar-refractivity contribution in [1.82, 2.24) is 14.5 Å². The van der Waals surface area contributed by atoms with Crippen molar-refractivity contribution < 1.29 is 9.18 Å². The first-order valence-electron chi connectivity index (χ1n) is 11.7. The van der Waals surface area contributed by atoms with Crippen molar-refractivity contribution in [3.05, 3.63) is 94.2 Å². The van der Waals surface area contributed by atoms with E-state index < -0.39 is 5.82 Å². The summed E-state index contributed by atoms with van der Waals surface area (Å²) < 4.78 is 15.7. The first-order chi connectivity index (χ1) is 17.0. The zero-order valence-electron chi connectivity index (χ0n) is 19.4. The van der Waals surface area contributed by atoms with Crippen LogP contribution in [0, 0.1) is 18.7 Å². The number of pyridine rings is 1. The summed E-state index contributed by atoms with van der Waals surface area (Å²) in [7, 11) is 0. The van der Waals surface area contributed by atoms with E-state index in [1.54, 1.807) is 29.0 Å². The summed E-state index contributed by atoms with van der Waals surface area (Å²) in [6.45, 7) is 3.33. The van der Waals surface area contributed by atoms with E-state index in [1.807, 2.05) is 42.2 Å². The third-order valence-corrected chi connectivity index (χ3v) is 6.37. The Balaban J connectivity index is 1.45. The Morgan fingerprint density at radius 1 is 1.11 bits per heavy atom. The van der Waals surface area contributed by atoms with Crippen molar-refractivity contribution in [1.29, 1.82) is 0 Å². The normalized spacial score (nSPS) is 15.8. The van der Waals surface area contributed by atoms with Crippen LogP contribution < -0.4 is 15.8 Å². The highest BCUT2D eigenvalue weighted by atomic mass is 19.1. The molecule has 2 aromatic carbocycles. The summed E-state index contributed by atoms with van der Waals surface area (Å²) in [6.07, 6.45) is 3.03. The number of piperidine rings is 1. The Morgan fingerprint density at radius 2 is 1.91 bits per heavy atom. The number of amides is 1. The average Bonchev–Trinajstić information content (AvgIpc) is 2.88. The molecule has 4 aromatic rings. The lowest BCUT2D eigenvalue weighted by Crippen LogP contribution is -2.44. The number of carbonyl (C=O) groups is 1. The molecule has 5 rings (SSSR count). The van der Waals surface area contributed by atoms with E-state index in [2.05, 4.69) is 15.3 Å². The number of halogens is 1. The Kier molecular flexibility index (Phi) is 6.27. The number of carbonyl (C=O) groups excluding carboxylic acids is 1. The van der Waals surface area contributed by atoms with Crippen LogP contribution in [0.5, 0.6) is 0 Å². The summed E-state index contributed by atoms with van der Waals surface area (Å²) in [4.78, 5) is 37.5. The quantitative estimate of drug-likeness (QED) is 0.473. The number of aryl methyl sites for hydroxylation is 1. The standard InChI is InChI=1S/C27H26FN5O2/c1-18-10-12-19(13-11-18)16-33-24-23(9-4-14-29-24)30-25(27(33)35)32-15-5-6-20(17-32)26(34)31-22-8-3-2-7-21(22)28/h2-4,7-14,20H,5-6,15-17H2,1H3,(H,31,34)/t20-/m1/s1. The second-order valence-electron chi connectivity index (χ2n) is 8.91. The lowest BCUT2D eigenvalue weighted by Gasteiger charge is -2.32. The number of hydrogen-bond donors (Lipinski definition) is 1. The van der Waals surface area contributed by atoms with E-state index in [-0.39, 0.29) is 23.1 Å². The zero-order valence-corrected chi connectivity index (χ0v) is 19.4. The number of nitrogens with zero attached hydrogens (tertiary/aromatic N) is 4. The fourth-order valence-corrected chi connectivity index (χ4v) is 4.47. The van der Waals surface area contributed by atoms with Crippen LogP contribution in [0.3, 0.4) is 0 Å². The molecule has 1 N–H and O–H groups in total. The van der Waals surface area contributed by atoms with Crippen LogP contribution in [0.4, 0.5) is 15.9 Å². The van der Waals surface area contributed by atoms with E-state index in [4.69, 9.17) is 0 Å².